The van der Waals surface area contributed by atoms with Gasteiger partial charge in [0.15, 0.2) is 0 Å². The second kappa shape index (κ2) is 10.8. The molecule has 0 heterocycles. The van der Waals surface area contributed by atoms with Crippen molar-refractivity contribution in [3.63, 3.8) is 0 Å². The molecule has 0 N–H and O–H groups in total. The molecule has 0 spiro atoms. The van der Waals surface area contributed by atoms with E-state index in [4.69, 9.17) is 9.47 Å². The fourth-order valence-electron chi connectivity index (χ4n) is 3.83. The van der Waals surface area contributed by atoms with E-state index in [2.05, 4.69) is 12.1 Å². The molecule has 0 fully saturated rings. The third-order valence-electron chi connectivity index (χ3n) is 5.69. The molecule has 1 unspecified atom stereocenters. The van der Waals surface area contributed by atoms with Crippen molar-refractivity contribution in [3.05, 3.63) is 143 Å². The number of benzene rings is 4. The summed E-state index contributed by atoms with van der Waals surface area (Å²) in [6.07, 6.45) is -0.771. The van der Waals surface area contributed by atoms with Gasteiger partial charge in [-0.05, 0) is 48.2 Å². The minimum absolute atomic E-state index is 0.120. The Hall–Kier alpha value is -3.69. The zero-order chi connectivity index (χ0) is 23.0. The van der Waals surface area contributed by atoms with Crippen LogP contribution in [-0.4, -0.2) is 5.97 Å². The highest BCUT2D eigenvalue weighted by molar-refractivity contribution is 5.89. The molecule has 33 heavy (non-hydrogen) atoms. The van der Waals surface area contributed by atoms with Gasteiger partial charge in [0, 0.05) is 0 Å². The van der Waals surface area contributed by atoms with Gasteiger partial charge >= 0.3 is 5.97 Å². The summed E-state index contributed by atoms with van der Waals surface area (Å²) in [4.78, 5) is 12.9. The van der Waals surface area contributed by atoms with Crippen molar-refractivity contribution in [2.45, 2.75) is 32.2 Å². The van der Waals surface area contributed by atoms with E-state index in [9.17, 15) is 4.79 Å². The third kappa shape index (κ3) is 5.76. The number of carbonyl (C=O) groups is 1. The van der Waals surface area contributed by atoms with E-state index in [1.807, 2.05) is 111 Å². The first kappa shape index (κ1) is 22.5. The number of rotatable bonds is 8. The van der Waals surface area contributed by atoms with Crippen LogP contribution in [0, 0.1) is 0 Å². The highest BCUT2D eigenvalue weighted by Crippen LogP contribution is 2.32. The Bertz CT molecular complexity index is 1160. The molecule has 4 aromatic rings. The zero-order valence-electron chi connectivity index (χ0n) is 18.9. The minimum Gasteiger partial charge on any atom is -0.454 e. The van der Waals surface area contributed by atoms with Crippen molar-refractivity contribution in [1.82, 2.24) is 0 Å². The van der Waals surface area contributed by atoms with E-state index in [0.29, 0.717) is 5.56 Å². The van der Waals surface area contributed by atoms with Crippen LogP contribution in [-0.2, 0) is 9.47 Å². The summed E-state index contributed by atoms with van der Waals surface area (Å²) in [6, 6.07) is 37.5. The smallest absolute Gasteiger partial charge is 0.338 e. The first-order valence-corrected chi connectivity index (χ1v) is 11.2. The van der Waals surface area contributed by atoms with Gasteiger partial charge in [0.2, 0.25) is 0 Å². The molecule has 0 radical (unpaired) electrons. The van der Waals surface area contributed by atoms with Crippen LogP contribution < -0.4 is 0 Å². The fourth-order valence-corrected chi connectivity index (χ4v) is 3.83. The van der Waals surface area contributed by atoms with Crippen molar-refractivity contribution in [2.24, 2.45) is 0 Å². The molecule has 0 aliphatic carbocycles. The number of hydrogen-bond acceptors (Lipinski definition) is 3. The van der Waals surface area contributed by atoms with Crippen LogP contribution in [0.3, 0.4) is 0 Å². The SMILES string of the molecule is C[C@@H](OC(=O)c1cccc(C(O[C@H](C)c2ccccc2)c2ccccc2)c1)c1ccccc1. The second-order valence-corrected chi connectivity index (χ2v) is 8.06. The number of hydrogen-bond donors (Lipinski definition) is 0. The molecule has 3 heteroatoms. The maximum Gasteiger partial charge on any atom is 0.338 e. The first-order chi connectivity index (χ1) is 16.1. The predicted molar refractivity (Wildman–Crippen MR) is 131 cm³/mol. The van der Waals surface area contributed by atoms with Crippen LogP contribution in [0.25, 0.3) is 0 Å². The summed E-state index contributed by atoms with van der Waals surface area (Å²) in [7, 11) is 0. The van der Waals surface area contributed by atoms with Crippen molar-refractivity contribution in [3.8, 4) is 0 Å². The zero-order valence-corrected chi connectivity index (χ0v) is 18.9. The lowest BCUT2D eigenvalue weighted by Crippen LogP contribution is -2.12. The highest BCUT2D eigenvalue weighted by Gasteiger charge is 2.21. The van der Waals surface area contributed by atoms with Gasteiger partial charge in [0.25, 0.3) is 0 Å². The molecule has 3 atom stereocenters. The van der Waals surface area contributed by atoms with Gasteiger partial charge in [0.1, 0.15) is 12.2 Å². The number of esters is 1. The number of ether oxygens (including phenoxy) is 2. The van der Waals surface area contributed by atoms with Crippen LogP contribution in [0.4, 0.5) is 0 Å². The first-order valence-electron chi connectivity index (χ1n) is 11.2. The van der Waals surface area contributed by atoms with Gasteiger partial charge in [-0.15, -0.1) is 0 Å². The Kier molecular flexibility index (Phi) is 7.33. The van der Waals surface area contributed by atoms with Crippen molar-refractivity contribution < 1.29 is 14.3 Å². The molecule has 0 aromatic heterocycles. The van der Waals surface area contributed by atoms with Crippen LogP contribution in [0.2, 0.25) is 0 Å². The summed E-state index contributed by atoms with van der Waals surface area (Å²) >= 11 is 0. The van der Waals surface area contributed by atoms with E-state index in [1.54, 1.807) is 6.07 Å². The standard InChI is InChI=1S/C30H28O3/c1-22(24-13-6-3-7-14-24)32-29(26-17-10-5-11-18-26)27-19-12-20-28(21-27)30(31)33-23(2)25-15-8-4-9-16-25/h3-23,29H,1-2H3/t22-,23-,29?/m1/s1. The van der Waals surface area contributed by atoms with E-state index in [1.165, 1.54) is 0 Å². The Morgan fingerprint density at radius 2 is 1.06 bits per heavy atom. The van der Waals surface area contributed by atoms with E-state index in [-0.39, 0.29) is 24.3 Å². The predicted octanol–water partition coefficient (Wildman–Crippen LogP) is 7.47. The largest absolute Gasteiger partial charge is 0.454 e. The molecule has 3 nitrogen and oxygen atoms in total. The Morgan fingerprint density at radius 3 is 1.64 bits per heavy atom. The van der Waals surface area contributed by atoms with Gasteiger partial charge in [-0.1, -0.05) is 103 Å². The fraction of sp³-hybridized carbons (Fsp3) is 0.167. The topological polar surface area (TPSA) is 35.5 Å². The van der Waals surface area contributed by atoms with Crippen LogP contribution in [0.15, 0.2) is 115 Å². The molecule has 0 saturated heterocycles. The molecule has 166 valence electrons. The normalized spacial score (nSPS) is 13.6. The highest BCUT2D eigenvalue weighted by atomic mass is 16.5. The molecule has 4 rings (SSSR count). The quantitative estimate of drug-likeness (QED) is 0.269. The van der Waals surface area contributed by atoms with Gasteiger partial charge < -0.3 is 9.47 Å². The monoisotopic (exact) mass is 436 g/mol. The molecular weight excluding hydrogens is 408 g/mol. The van der Waals surface area contributed by atoms with Crippen LogP contribution >= 0.6 is 0 Å². The summed E-state index contributed by atoms with van der Waals surface area (Å²) in [5, 5.41) is 0. The summed E-state index contributed by atoms with van der Waals surface area (Å²) < 4.78 is 12.3. The number of carbonyl (C=O) groups excluding carboxylic acids is 1. The van der Waals surface area contributed by atoms with Crippen LogP contribution in [0.1, 0.15) is 64.8 Å². The Morgan fingerprint density at radius 1 is 0.576 bits per heavy atom. The molecule has 0 amide bonds. The summed E-state index contributed by atoms with van der Waals surface area (Å²) in [6.45, 7) is 3.93. The van der Waals surface area contributed by atoms with E-state index >= 15 is 0 Å². The summed E-state index contributed by atoms with van der Waals surface area (Å²) in [5.74, 6) is -0.351. The second-order valence-electron chi connectivity index (χ2n) is 8.06. The molecule has 4 aromatic carbocycles. The van der Waals surface area contributed by atoms with Gasteiger partial charge in [-0.2, -0.15) is 0 Å². The minimum atomic E-state index is -0.351. The molecule has 0 saturated carbocycles. The molecule has 0 bridgehead atoms. The average Bonchev–Trinajstić information content (AvgIpc) is 2.88. The van der Waals surface area contributed by atoms with Crippen LogP contribution in [0.5, 0.6) is 0 Å². The molecule has 0 aliphatic heterocycles. The van der Waals surface area contributed by atoms with Crippen molar-refractivity contribution in [2.75, 3.05) is 0 Å². The maximum absolute atomic E-state index is 12.9. The molecule has 0 aliphatic rings. The summed E-state index contributed by atoms with van der Waals surface area (Å²) in [5.41, 5.74) is 4.51. The van der Waals surface area contributed by atoms with Crippen molar-refractivity contribution >= 4 is 5.97 Å². The van der Waals surface area contributed by atoms with E-state index in [0.717, 1.165) is 22.3 Å². The van der Waals surface area contributed by atoms with Gasteiger partial charge in [-0.3, -0.25) is 0 Å². The van der Waals surface area contributed by atoms with Gasteiger partial charge in [-0.25, -0.2) is 4.79 Å². The van der Waals surface area contributed by atoms with Crippen molar-refractivity contribution in [1.29, 1.82) is 0 Å². The van der Waals surface area contributed by atoms with E-state index < -0.39 is 0 Å². The Balaban J connectivity index is 1.59. The third-order valence-corrected chi connectivity index (χ3v) is 5.69. The van der Waals surface area contributed by atoms with Gasteiger partial charge in [0.05, 0.1) is 11.7 Å². The lowest BCUT2D eigenvalue weighted by atomic mass is 9.98. The lowest BCUT2D eigenvalue weighted by Gasteiger charge is -2.24. The average molecular weight is 437 g/mol. The maximum atomic E-state index is 12.9. The lowest BCUT2D eigenvalue weighted by molar-refractivity contribution is 0.0179. The molecular formula is C30H28O3. The Labute approximate surface area is 195 Å².